The van der Waals surface area contributed by atoms with E-state index < -0.39 is 0 Å². The van der Waals surface area contributed by atoms with E-state index >= 15 is 0 Å². The van der Waals surface area contributed by atoms with E-state index in [0.717, 1.165) is 41.8 Å². The van der Waals surface area contributed by atoms with Crippen molar-refractivity contribution in [3.05, 3.63) is 46.8 Å². The summed E-state index contributed by atoms with van der Waals surface area (Å²) >= 11 is 0. The van der Waals surface area contributed by atoms with Crippen LogP contribution in [0.15, 0.2) is 24.3 Å². The number of carbonyl (C=O) groups is 2. The molecule has 1 aliphatic heterocycles. The maximum Gasteiger partial charge on any atom is 0.272 e. The predicted octanol–water partition coefficient (Wildman–Crippen LogP) is 1.61. The van der Waals surface area contributed by atoms with Gasteiger partial charge in [-0.05, 0) is 37.0 Å². The molecule has 2 aromatic rings. The van der Waals surface area contributed by atoms with Crippen LogP contribution in [-0.2, 0) is 35.5 Å². The topological polar surface area (TPSA) is 94.5 Å². The number of ether oxygens (including phenoxy) is 2. The summed E-state index contributed by atoms with van der Waals surface area (Å²) in [5.41, 5.74) is 3.44. The van der Waals surface area contributed by atoms with Gasteiger partial charge in [-0.3, -0.25) is 14.3 Å². The first kappa shape index (κ1) is 20.4. The monoisotopic (exact) mass is 412 g/mol. The number of hydrogen-bond acceptors (Lipinski definition) is 5. The van der Waals surface area contributed by atoms with Crippen LogP contribution in [0.1, 0.15) is 46.6 Å². The van der Waals surface area contributed by atoms with E-state index in [1.165, 1.54) is 0 Å². The van der Waals surface area contributed by atoms with Crippen LogP contribution in [0.25, 0.3) is 0 Å². The zero-order valence-electron chi connectivity index (χ0n) is 17.3. The molecule has 0 atom stereocenters. The van der Waals surface area contributed by atoms with E-state index in [1.807, 2.05) is 28.9 Å². The van der Waals surface area contributed by atoms with Crippen LogP contribution in [0.3, 0.4) is 0 Å². The number of amides is 2. The minimum atomic E-state index is -0.125. The van der Waals surface area contributed by atoms with Crippen LogP contribution in [0.2, 0.25) is 0 Å². The fourth-order valence-corrected chi connectivity index (χ4v) is 3.63. The van der Waals surface area contributed by atoms with Crippen molar-refractivity contribution in [3.8, 4) is 5.75 Å². The number of hydrogen-bond donors (Lipinski definition) is 2. The van der Waals surface area contributed by atoms with Crippen molar-refractivity contribution in [2.24, 2.45) is 0 Å². The molecule has 160 valence electrons. The van der Waals surface area contributed by atoms with E-state index in [0.29, 0.717) is 44.8 Å². The van der Waals surface area contributed by atoms with E-state index in [-0.39, 0.29) is 17.9 Å². The molecule has 0 unspecified atom stereocenters. The molecule has 0 spiro atoms. The van der Waals surface area contributed by atoms with Gasteiger partial charge in [-0.15, -0.1) is 0 Å². The Balaban J connectivity index is 1.30. The highest BCUT2D eigenvalue weighted by Gasteiger charge is 2.29. The lowest BCUT2D eigenvalue weighted by Crippen LogP contribution is -2.28. The number of nitrogens with zero attached hydrogens (tertiary/aromatic N) is 2. The number of carbonyl (C=O) groups excluding carboxylic acids is 2. The van der Waals surface area contributed by atoms with Crippen LogP contribution in [0.5, 0.6) is 5.75 Å². The van der Waals surface area contributed by atoms with Gasteiger partial charge in [0.05, 0.1) is 26.9 Å². The summed E-state index contributed by atoms with van der Waals surface area (Å²) in [6, 6.07) is 8.03. The van der Waals surface area contributed by atoms with E-state index in [2.05, 4.69) is 15.7 Å². The van der Waals surface area contributed by atoms with Crippen LogP contribution in [-0.4, -0.2) is 47.9 Å². The van der Waals surface area contributed by atoms with E-state index in [1.54, 1.807) is 7.11 Å². The summed E-state index contributed by atoms with van der Waals surface area (Å²) in [5.74, 6) is 0.663. The molecule has 8 nitrogen and oxygen atoms in total. The summed E-state index contributed by atoms with van der Waals surface area (Å²) in [7, 11) is 1.63. The van der Waals surface area contributed by atoms with Crippen LogP contribution in [0.4, 0.5) is 0 Å². The zero-order valence-corrected chi connectivity index (χ0v) is 17.3. The average molecular weight is 412 g/mol. The lowest BCUT2D eigenvalue weighted by molar-refractivity contribution is -0.121. The molecule has 8 heteroatoms. The van der Waals surface area contributed by atoms with Gasteiger partial charge >= 0.3 is 0 Å². The number of rotatable bonds is 9. The van der Waals surface area contributed by atoms with Gasteiger partial charge in [-0.1, -0.05) is 12.1 Å². The van der Waals surface area contributed by atoms with Gasteiger partial charge in [0.25, 0.3) is 5.91 Å². The van der Waals surface area contributed by atoms with E-state index in [4.69, 9.17) is 9.47 Å². The first-order valence-corrected chi connectivity index (χ1v) is 10.5. The van der Waals surface area contributed by atoms with Gasteiger partial charge in [0.1, 0.15) is 5.75 Å². The third-order valence-corrected chi connectivity index (χ3v) is 5.44. The third kappa shape index (κ3) is 4.99. The molecule has 1 aliphatic carbocycles. The second kappa shape index (κ2) is 9.30. The van der Waals surface area contributed by atoms with Crippen molar-refractivity contribution in [2.45, 2.75) is 51.3 Å². The first-order chi connectivity index (χ1) is 14.6. The Morgan fingerprint density at radius 1 is 1.33 bits per heavy atom. The smallest absolute Gasteiger partial charge is 0.272 e. The van der Waals surface area contributed by atoms with Crippen LogP contribution >= 0.6 is 0 Å². The normalized spacial score (nSPS) is 15.4. The van der Waals surface area contributed by atoms with Crippen molar-refractivity contribution in [3.63, 3.8) is 0 Å². The van der Waals surface area contributed by atoms with Crippen molar-refractivity contribution in [1.82, 2.24) is 20.4 Å². The summed E-state index contributed by atoms with van der Waals surface area (Å²) < 4.78 is 12.6. The maximum atomic E-state index is 12.5. The van der Waals surface area contributed by atoms with Crippen LogP contribution < -0.4 is 15.4 Å². The Kier molecular flexibility index (Phi) is 6.32. The van der Waals surface area contributed by atoms with Gasteiger partial charge in [0, 0.05) is 36.7 Å². The number of nitrogens with one attached hydrogen (secondary N) is 2. The number of benzene rings is 1. The minimum Gasteiger partial charge on any atom is -0.497 e. The lowest BCUT2D eigenvalue weighted by atomic mass is 10.1. The maximum absolute atomic E-state index is 12.5. The van der Waals surface area contributed by atoms with Gasteiger partial charge in [0.2, 0.25) is 5.91 Å². The molecule has 0 radical (unpaired) electrons. The molecule has 1 fully saturated rings. The van der Waals surface area contributed by atoms with Crippen molar-refractivity contribution < 1.29 is 19.1 Å². The Morgan fingerprint density at radius 3 is 3.00 bits per heavy atom. The molecule has 0 bridgehead atoms. The predicted molar refractivity (Wildman–Crippen MR) is 110 cm³/mol. The summed E-state index contributed by atoms with van der Waals surface area (Å²) in [6.45, 7) is 2.03. The molecule has 30 heavy (non-hydrogen) atoms. The van der Waals surface area contributed by atoms with Gasteiger partial charge in [0.15, 0.2) is 5.69 Å². The number of fused-ring (bicyclic) bond motifs is 1. The molecule has 2 heterocycles. The summed E-state index contributed by atoms with van der Waals surface area (Å²) in [5, 5.41) is 10.5. The highest BCUT2D eigenvalue weighted by molar-refractivity contribution is 5.94. The fourth-order valence-electron chi connectivity index (χ4n) is 3.63. The third-order valence-electron chi connectivity index (χ3n) is 5.44. The molecular weight excluding hydrogens is 384 g/mol. The Hall–Kier alpha value is -2.87. The van der Waals surface area contributed by atoms with E-state index in [9.17, 15) is 9.59 Å². The van der Waals surface area contributed by atoms with Gasteiger partial charge < -0.3 is 20.1 Å². The quantitative estimate of drug-likeness (QED) is 0.653. The molecular formula is C22H28N4O4. The largest absolute Gasteiger partial charge is 0.497 e. The highest BCUT2D eigenvalue weighted by atomic mass is 16.5. The molecule has 1 saturated carbocycles. The molecule has 1 aromatic heterocycles. The SMILES string of the molecule is COc1cccc(CCC(=O)NCCn2nc(C(=O)NC3CC3)c3c2CCOC3)c1. The molecule has 4 rings (SSSR count). The first-order valence-electron chi connectivity index (χ1n) is 10.5. The van der Waals surface area contributed by atoms with Crippen molar-refractivity contribution in [1.29, 1.82) is 0 Å². The standard InChI is InChI=1S/C22H28N4O4/c1-29-17-4-2-3-15(13-17)5-8-20(27)23-10-11-26-19-9-12-30-14-18(19)21(25-26)22(28)24-16-6-7-16/h2-4,13,16H,5-12,14H2,1H3,(H,23,27)(H,24,28). The second-order valence-electron chi connectivity index (χ2n) is 7.75. The minimum absolute atomic E-state index is 0.00567. The molecule has 2 amide bonds. The average Bonchev–Trinajstić information content (AvgIpc) is 3.51. The molecule has 2 aliphatic rings. The van der Waals surface area contributed by atoms with Crippen molar-refractivity contribution >= 4 is 11.8 Å². The second-order valence-corrected chi connectivity index (χ2v) is 7.75. The zero-order chi connectivity index (χ0) is 20.9. The molecule has 2 N–H and O–H groups in total. The van der Waals surface area contributed by atoms with Gasteiger partial charge in [-0.25, -0.2) is 0 Å². The Bertz CT molecular complexity index is 920. The summed E-state index contributed by atoms with van der Waals surface area (Å²) in [4.78, 5) is 24.7. The summed E-state index contributed by atoms with van der Waals surface area (Å²) in [6.07, 6.45) is 3.86. The molecule has 1 aromatic carbocycles. The Labute approximate surface area is 175 Å². The molecule has 0 saturated heterocycles. The number of methoxy groups -OCH3 is 1. The fraction of sp³-hybridized carbons (Fsp3) is 0.500. The van der Waals surface area contributed by atoms with Crippen LogP contribution in [0, 0.1) is 0 Å². The number of aryl methyl sites for hydroxylation is 1. The van der Waals surface area contributed by atoms with Gasteiger partial charge in [-0.2, -0.15) is 5.10 Å². The lowest BCUT2D eigenvalue weighted by Gasteiger charge is -2.15. The highest BCUT2D eigenvalue weighted by Crippen LogP contribution is 2.23. The van der Waals surface area contributed by atoms with Crippen molar-refractivity contribution in [2.75, 3.05) is 20.3 Å². The number of aromatic nitrogens is 2. The Morgan fingerprint density at radius 2 is 2.20 bits per heavy atom.